The van der Waals surface area contributed by atoms with Gasteiger partial charge in [0.2, 0.25) is 0 Å². The maximum absolute atomic E-state index is 12.9. The van der Waals surface area contributed by atoms with Gasteiger partial charge in [0.1, 0.15) is 29.6 Å². The van der Waals surface area contributed by atoms with Crippen LogP contribution in [-0.2, 0) is 33.7 Å². The van der Waals surface area contributed by atoms with Crippen LogP contribution in [0.15, 0.2) is 91.0 Å². The van der Waals surface area contributed by atoms with Gasteiger partial charge >= 0.3 is 15.6 Å². The van der Waals surface area contributed by atoms with Gasteiger partial charge in [0, 0.05) is 23.3 Å². The summed E-state index contributed by atoms with van der Waals surface area (Å²) in [7, 11) is -5.86. The van der Waals surface area contributed by atoms with Crippen molar-refractivity contribution in [2.24, 2.45) is 0 Å². The number of fused-ring (bicyclic) bond motifs is 6. The van der Waals surface area contributed by atoms with Crippen LogP contribution in [0.4, 0.5) is 13.2 Å². The SMILES string of the molecule is O=S(=O)(Oc1ccc2c(c1)Oc1cc(OCc3ccccc3)ccc1C21OCc2ccccc21)C(F)(F)F. The summed E-state index contributed by atoms with van der Waals surface area (Å²) in [6, 6.07) is 26.2. The summed E-state index contributed by atoms with van der Waals surface area (Å²) < 4.78 is 84.8. The van der Waals surface area contributed by atoms with E-state index in [0.29, 0.717) is 35.8 Å². The van der Waals surface area contributed by atoms with E-state index in [1.54, 1.807) is 12.1 Å². The van der Waals surface area contributed by atoms with Gasteiger partial charge in [-0.25, -0.2) is 0 Å². The molecule has 0 aromatic heterocycles. The molecule has 0 amide bonds. The van der Waals surface area contributed by atoms with E-state index in [9.17, 15) is 21.6 Å². The Morgan fingerprint density at radius 1 is 0.789 bits per heavy atom. The van der Waals surface area contributed by atoms with E-state index in [-0.39, 0.29) is 5.75 Å². The third kappa shape index (κ3) is 3.97. The number of hydrogen-bond donors (Lipinski definition) is 0. The van der Waals surface area contributed by atoms with Gasteiger partial charge in [0.15, 0.2) is 5.60 Å². The Labute approximate surface area is 216 Å². The molecular weight excluding hydrogens is 521 g/mol. The van der Waals surface area contributed by atoms with E-state index in [1.807, 2.05) is 60.7 Å². The first-order valence-electron chi connectivity index (χ1n) is 11.5. The number of ether oxygens (including phenoxy) is 3. The van der Waals surface area contributed by atoms with Crippen LogP contribution < -0.4 is 13.7 Å². The fourth-order valence-corrected chi connectivity index (χ4v) is 5.23. The smallest absolute Gasteiger partial charge is 0.489 e. The van der Waals surface area contributed by atoms with Crippen molar-refractivity contribution in [3.05, 3.63) is 119 Å². The van der Waals surface area contributed by atoms with E-state index < -0.39 is 27.0 Å². The zero-order chi connectivity index (χ0) is 26.5. The second-order valence-electron chi connectivity index (χ2n) is 8.80. The van der Waals surface area contributed by atoms with Crippen LogP contribution in [0.5, 0.6) is 23.0 Å². The fourth-order valence-electron chi connectivity index (χ4n) is 4.77. The van der Waals surface area contributed by atoms with Crippen LogP contribution in [0.1, 0.15) is 27.8 Å². The highest BCUT2D eigenvalue weighted by Crippen LogP contribution is 2.57. The predicted octanol–water partition coefficient (Wildman–Crippen LogP) is 6.42. The van der Waals surface area contributed by atoms with E-state index in [0.717, 1.165) is 28.8 Å². The lowest BCUT2D eigenvalue weighted by Gasteiger charge is -2.37. The Morgan fingerprint density at radius 2 is 1.42 bits per heavy atom. The van der Waals surface area contributed by atoms with Crippen molar-refractivity contribution >= 4 is 10.1 Å². The summed E-state index contributed by atoms with van der Waals surface area (Å²) in [4.78, 5) is 0. The third-order valence-corrected chi connectivity index (χ3v) is 7.44. The van der Waals surface area contributed by atoms with E-state index >= 15 is 0 Å². The molecule has 0 saturated carbocycles. The molecule has 6 rings (SSSR count). The number of halogens is 3. The number of benzene rings is 4. The molecule has 2 aliphatic rings. The highest BCUT2D eigenvalue weighted by molar-refractivity contribution is 7.88. The van der Waals surface area contributed by atoms with Gasteiger partial charge in [-0.15, -0.1) is 0 Å². The van der Waals surface area contributed by atoms with E-state index in [1.165, 1.54) is 6.07 Å². The normalized spacial score (nSPS) is 17.8. The molecule has 10 heteroatoms. The Bertz CT molecular complexity index is 1640. The number of hydrogen-bond acceptors (Lipinski definition) is 6. The summed E-state index contributed by atoms with van der Waals surface area (Å²) in [5.74, 6) is 0.423. The lowest BCUT2D eigenvalue weighted by atomic mass is 9.77. The quantitative estimate of drug-likeness (QED) is 0.215. The van der Waals surface area contributed by atoms with E-state index in [2.05, 4.69) is 4.18 Å². The van der Waals surface area contributed by atoms with Gasteiger partial charge in [0.25, 0.3) is 0 Å². The van der Waals surface area contributed by atoms with Crippen molar-refractivity contribution in [2.45, 2.75) is 24.3 Å². The van der Waals surface area contributed by atoms with Crippen molar-refractivity contribution in [3.63, 3.8) is 0 Å². The first-order chi connectivity index (χ1) is 18.2. The fraction of sp³-hybridized carbons (Fsp3) is 0.143. The minimum Gasteiger partial charge on any atom is -0.489 e. The second-order valence-corrected chi connectivity index (χ2v) is 10.3. The summed E-state index contributed by atoms with van der Waals surface area (Å²) in [5, 5.41) is 0. The van der Waals surface area contributed by atoms with Crippen LogP contribution in [0.2, 0.25) is 0 Å². The summed E-state index contributed by atoms with van der Waals surface area (Å²) >= 11 is 0. The van der Waals surface area contributed by atoms with Gasteiger partial charge in [-0.05, 0) is 41.0 Å². The van der Waals surface area contributed by atoms with Crippen molar-refractivity contribution in [3.8, 4) is 23.0 Å². The first kappa shape index (κ1) is 24.3. The third-order valence-electron chi connectivity index (χ3n) is 6.46. The zero-order valence-corrected chi connectivity index (χ0v) is 20.4. The molecule has 0 saturated heterocycles. The second kappa shape index (κ2) is 8.78. The summed E-state index contributed by atoms with van der Waals surface area (Å²) in [6.45, 7) is 0.607. The van der Waals surface area contributed by atoms with Crippen molar-refractivity contribution in [2.75, 3.05) is 0 Å². The molecule has 38 heavy (non-hydrogen) atoms. The topological polar surface area (TPSA) is 71.1 Å². The Morgan fingerprint density at radius 3 is 2.13 bits per heavy atom. The molecule has 2 heterocycles. The maximum Gasteiger partial charge on any atom is 0.534 e. The maximum atomic E-state index is 12.9. The molecule has 4 aromatic carbocycles. The molecule has 6 nitrogen and oxygen atoms in total. The minimum absolute atomic E-state index is 0.101. The van der Waals surface area contributed by atoms with Crippen LogP contribution in [0, 0.1) is 0 Å². The molecule has 2 aliphatic heterocycles. The number of alkyl halides is 3. The average Bonchev–Trinajstić information content (AvgIpc) is 3.27. The molecule has 0 radical (unpaired) electrons. The van der Waals surface area contributed by atoms with E-state index in [4.69, 9.17) is 14.2 Å². The molecule has 1 atom stereocenters. The zero-order valence-electron chi connectivity index (χ0n) is 19.6. The Kier molecular flexibility index (Phi) is 5.62. The van der Waals surface area contributed by atoms with Crippen LogP contribution >= 0.6 is 0 Å². The number of rotatable bonds is 5. The van der Waals surface area contributed by atoms with Gasteiger partial charge < -0.3 is 18.4 Å². The molecule has 1 spiro atoms. The Hall–Kier alpha value is -4.02. The molecule has 194 valence electrons. The highest BCUT2D eigenvalue weighted by Gasteiger charge is 2.51. The van der Waals surface area contributed by atoms with Crippen molar-refractivity contribution < 1.29 is 40.0 Å². The minimum atomic E-state index is -5.86. The van der Waals surface area contributed by atoms with Gasteiger partial charge in [-0.2, -0.15) is 21.6 Å². The standard InChI is InChI=1S/C28H19F3O6S/c29-28(30,31)38(32,33)37-21-11-13-24-26(15-21)36-25-14-20(34-16-18-6-2-1-3-7-18)10-12-23(25)27(24)22-9-5-4-8-19(22)17-35-27/h1-15H,16-17H2. The molecule has 4 aromatic rings. The average molecular weight is 541 g/mol. The van der Waals surface area contributed by atoms with Gasteiger partial charge in [-0.1, -0.05) is 54.6 Å². The van der Waals surface area contributed by atoms with Crippen LogP contribution in [0.3, 0.4) is 0 Å². The van der Waals surface area contributed by atoms with Crippen LogP contribution in [-0.4, -0.2) is 13.9 Å². The van der Waals surface area contributed by atoms with Gasteiger partial charge in [-0.3, -0.25) is 0 Å². The summed E-state index contributed by atoms with van der Waals surface area (Å²) in [6.07, 6.45) is 0. The monoisotopic (exact) mass is 540 g/mol. The molecule has 0 N–H and O–H groups in total. The van der Waals surface area contributed by atoms with Crippen LogP contribution in [0.25, 0.3) is 0 Å². The predicted molar refractivity (Wildman–Crippen MR) is 130 cm³/mol. The van der Waals surface area contributed by atoms with Crippen molar-refractivity contribution in [1.82, 2.24) is 0 Å². The summed E-state index contributed by atoms with van der Waals surface area (Å²) in [5.41, 5.74) is -2.76. The van der Waals surface area contributed by atoms with Gasteiger partial charge in [0.05, 0.1) is 6.61 Å². The van der Waals surface area contributed by atoms with Crippen molar-refractivity contribution in [1.29, 1.82) is 0 Å². The highest BCUT2D eigenvalue weighted by atomic mass is 32.2. The first-order valence-corrected chi connectivity index (χ1v) is 12.9. The lowest BCUT2D eigenvalue weighted by Crippen LogP contribution is -2.32. The molecule has 0 fully saturated rings. The molecule has 0 bridgehead atoms. The molecular formula is C28H19F3O6S. The largest absolute Gasteiger partial charge is 0.534 e. The Balaban J connectivity index is 1.43. The lowest BCUT2D eigenvalue weighted by molar-refractivity contribution is -0.0500. The molecule has 0 aliphatic carbocycles. The molecule has 1 unspecified atom stereocenters.